The molecule has 5 nitrogen and oxygen atoms in total. The van der Waals surface area contributed by atoms with Crippen molar-refractivity contribution in [2.75, 3.05) is 6.54 Å². The lowest BCUT2D eigenvalue weighted by molar-refractivity contribution is -0.141. The van der Waals surface area contributed by atoms with Gasteiger partial charge in [-0.15, -0.1) is 0 Å². The van der Waals surface area contributed by atoms with E-state index in [4.69, 9.17) is 5.11 Å². The van der Waals surface area contributed by atoms with Crippen molar-refractivity contribution in [3.05, 3.63) is 0 Å². The van der Waals surface area contributed by atoms with E-state index in [-0.39, 0.29) is 23.9 Å². The summed E-state index contributed by atoms with van der Waals surface area (Å²) in [5.41, 5.74) is -0.202. The van der Waals surface area contributed by atoms with Crippen LogP contribution in [0.5, 0.6) is 0 Å². The number of amides is 2. The molecular weight excluding hydrogens is 232 g/mol. The average Bonchev–Trinajstić information content (AvgIpc) is 3.04. The second-order valence-electron chi connectivity index (χ2n) is 5.88. The maximum absolute atomic E-state index is 11.7. The third kappa shape index (κ3) is 3.37. The van der Waals surface area contributed by atoms with Gasteiger partial charge in [-0.05, 0) is 43.9 Å². The smallest absolute Gasteiger partial charge is 0.315 e. The molecule has 0 aromatic carbocycles. The van der Waals surface area contributed by atoms with Gasteiger partial charge in [-0.1, -0.05) is 6.42 Å². The lowest BCUT2D eigenvalue weighted by Crippen LogP contribution is -2.48. The Bertz CT molecular complexity index is 335. The molecule has 102 valence electrons. The Morgan fingerprint density at radius 2 is 2.06 bits per heavy atom. The fourth-order valence-corrected chi connectivity index (χ4v) is 2.65. The molecule has 2 saturated carbocycles. The topological polar surface area (TPSA) is 78.4 Å². The predicted molar refractivity (Wildman–Crippen MR) is 67.3 cm³/mol. The van der Waals surface area contributed by atoms with Crippen molar-refractivity contribution in [3.63, 3.8) is 0 Å². The number of carboxylic acids is 1. The highest BCUT2D eigenvalue weighted by Crippen LogP contribution is 2.43. The van der Waals surface area contributed by atoms with Gasteiger partial charge < -0.3 is 15.7 Å². The van der Waals surface area contributed by atoms with Crippen molar-refractivity contribution in [2.45, 2.75) is 51.5 Å². The number of nitrogens with one attached hydrogen (secondary N) is 2. The zero-order chi connectivity index (χ0) is 13.2. The highest BCUT2D eigenvalue weighted by molar-refractivity contribution is 5.74. The van der Waals surface area contributed by atoms with Crippen LogP contribution < -0.4 is 10.6 Å². The minimum Gasteiger partial charge on any atom is -0.481 e. The minimum absolute atomic E-state index is 0.158. The number of rotatable bonds is 6. The van der Waals surface area contributed by atoms with E-state index < -0.39 is 5.97 Å². The summed E-state index contributed by atoms with van der Waals surface area (Å²) in [4.78, 5) is 22.5. The van der Waals surface area contributed by atoms with E-state index in [0.717, 1.165) is 19.3 Å². The van der Waals surface area contributed by atoms with Crippen LogP contribution in [0.3, 0.4) is 0 Å². The number of carbonyl (C=O) groups excluding carboxylic acids is 1. The van der Waals surface area contributed by atoms with Gasteiger partial charge in [0.1, 0.15) is 0 Å². The highest BCUT2D eigenvalue weighted by Gasteiger charge is 2.39. The summed E-state index contributed by atoms with van der Waals surface area (Å²) in [5, 5.41) is 14.6. The first kappa shape index (κ1) is 13.2. The fourth-order valence-electron chi connectivity index (χ4n) is 2.65. The molecule has 2 rings (SSSR count). The first-order valence-corrected chi connectivity index (χ1v) is 6.77. The second kappa shape index (κ2) is 5.16. The Labute approximate surface area is 107 Å². The van der Waals surface area contributed by atoms with Crippen molar-refractivity contribution in [1.29, 1.82) is 0 Å². The Kier molecular flexibility index (Phi) is 3.78. The molecular formula is C13H22N2O3. The summed E-state index contributed by atoms with van der Waals surface area (Å²) in [6.07, 6.45) is 5.42. The molecule has 1 atom stereocenters. The van der Waals surface area contributed by atoms with Crippen LogP contribution in [0.1, 0.15) is 45.4 Å². The van der Waals surface area contributed by atoms with Crippen LogP contribution in [0.4, 0.5) is 4.79 Å². The first-order chi connectivity index (χ1) is 8.51. The normalized spacial score (nSPS) is 22.7. The highest BCUT2D eigenvalue weighted by atomic mass is 16.4. The van der Waals surface area contributed by atoms with E-state index in [9.17, 15) is 9.59 Å². The Morgan fingerprint density at radius 1 is 1.39 bits per heavy atom. The van der Waals surface area contributed by atoms with Gasteiger partial charge in [0, 0.05) is 12.6 Å². The van der Waals surface area contributed by atoms with Crippen molar-refractivity contribution >= 4 is 12.0 Å². The van der Waals surface area contributed by atoms with Gasteiger partial charge in [0.15, 0.2) is 0 Å². The van der Waals surface area contributed by atoms with E-state index in [1.54, 1.807) is 0 Å². The van der Waals surface area contributed by atoms with Gasteiger partial charge in [-0.25, -0.2) is 4.79 Å². The van der Waals surface area contributed by atoms with Gasteiger partial charge in [-0.3, -0.25) is 4.79 Å². The molecule has 2 fully saturated rings. The maximum atomic E-state index is 11.7. The third-order valence-electron chi connectivity index (χ3n) is 4.25. The molecule has 2 aliphatic rings. The zero-order valence-electron chi connectivity index (χ0n) is 10.9. The number of carboxylic acid groups (broad SMARTS) is 1. The summed E-state index contributed by atoms with van der Waals surface area (Å²) < 4.78 is 0. The fraction of sp³-hybridized carbons (Fsp3) is 0.846. The van der Waals surface area contributed by atoms with Crippen molar-refractivity contribution in [2.24, 2.45) is 11.3 Å². The molecule has 0 saturated heterocycles. The molecule has 0 aliphatic heterocycles. The molecule has 3 N–H and O–H groups in total. The number of carbonyl (C=O) groups is 2. The van der Waals surface area contributed by atoms with E-state index in [0.29, 0.717) is 12.5 Å². The van der Waals surface area contributed by atoms with Crippen LogP contribution in [-0.2, 0) is 4.79 Å². The van der Waals surface area contributed by atoms with Gasteiger partial charge in [0.05, 0.1) is 6.42 Å². The van der Waals surface area contributed by atoms with Gasteiger partial charge >= 0.3 is 12.0 Å². The number of urea groups is 1. The minimum atomic E-state index is -0.775. The van der Waals surface area contributed by atoms with Crippen LogP contribution >= 0.6 is 0 Å². The molecule has 0 radical (unpaired) electrons. The summed E-state index contributed by atoms with van der Waals surface area (Å²) in [6.45, 7) is 2.50. The molecule has 0 spiro atoms. The van der Waals surface area contributed by atoms with Crippen molar-refractivity contribution < 1.29 is 14.7 Å². The Balaban J connectivity index is 1.72. The third-order valence-corrected chi connectivity index (χ3v) is 4.25. The Hall–Kier alpha value is -1.26. The Morgan fingerprint density at radius 3 is 2.50 bits per heavy atom. The van der Waals surface area contributed by atoms with Crippen LogP contribution in [0, 0.1) is 11.3 Å². The lowest BCUT2D eigenvalue weighted by atomic mass is 9.66. The van der Waals surface area contributed by atoms with E-state index in [1.165, 1.54) is 12.8 Å². The summed E-state index contributed by atoms with van der Waals surface area (Å²) in [5.74, 6) is -0.143. The average molecular weight is 254 g/mol. The van der Waals surface area contributed by atoms with E-state index >= 15 is 0 Å². The predicted octanol–water partition coefficient (Wildman–Crippen LogP) is 1.73. The van der Waals surface area contributed by atoms with E-state index in [2.05, 4.69) is 10.6 Å². The molecule has 5 heteroatoms. The van der Waals surface area contributed by atoms with Crippen molar-refractivity contribution in [3.8, 4) is 0 Å². The first-order valence-electron chi connectivity index (χ1n) is 6.77. The largest absolute Gasteiger partial charge is 0.481 e. The lowest BCUT2D eigenvalue weighted by Gasteiger charge is -2.40. The SMILES string of the molecule is CC(NC(=O)NCC1(CC(=O)O)CCC1)C1CC1. The molecule has 2 aliphatic carbocycles. The second-order valence-corrected chi connectivity index (χ2v) is 5.88. The van der Waals surface area contributed by atoms with Gasteiger partial charge in [0.2, 0.25) is 0 Å². The molecule has 0 aromatic rings. The van der Waals surface area contributed by atoms with E-state index in [1.807, 2.05) is 6.92 Å². The summed E-state index contributed by atoms with van der Waals surface area (Å²) in [7, 11) is 0. The van der Waals surface area contributed by atoms with Gasteiger partial charge in [0.25, 0.3) is 0 Å². The summed E-state index contributed by atoms with van der Waals surface area (Å²) in [6, 6.07) is 0.0629. The van der Waals surface area contributed by atoms with Crippen LogP contribution in [0.15, 0.2) is 0 Å². The zero-order valence-corrected chi connectivity index (χ0v) is 10.9. The number of hydrogen-bond donors (Lipinski definition) is 3. The molecule has 0 heterocycles. The standard InChI is InChI=1S/C13H22N2O3/c1-9(10-3-4-10)15-12(18)14-8-13(5-2-6-13)7-11(16)17/h9-10H,2-8H2,1H3,(H,16,17)(H2,14,15,18). The maximum Gasteiger partial charge on any atom is 0.315 e. The monoisotopic (exact) mass is 254 g/mol. The molecule has 2 amide bonds. The van der Waals surface area contributed by atoms with Crippen LogP contribution in [-0.4, -0.2) is 29.7 Å². The molecule has 1 unspecified atom stereocenters. The quantitative estimate of drug-likeness (QED) is 0.675. The van der Waals surface area contributed by atoms with Crippen LogP contribution in [0.25, 0.3) is 0 Å². The number of aliphatic carboxylic acids is 1. The van der Waals surface area contributed by atoms with Crippen molar-refractivity contribution in [1.82, 2.24) is 10.6 Å². The molecule has 0 bridgehead atoms. The molecule has 0 aromatic heterocycles. The number of hydrogen-bond acceptors (Lipinski definition) is 2. The van der Waals surface area contributed by atoms with Crippen LogP contribution in [0.2, 0.25) is 0 Å². The molecule has 18 heavy (non-hydrogen) atoms. The summed E-state index contributed by atoms with van der Waals surface area (Å²) >= 11 is 0. The van der Waals surface area contributed by atoms with Gasteiger partial charge in [-0.2, -0.15) is 0 Å².